The molecule has 0 saturated carbocycles. The molecule has 2 fully saturated rings. The van der Waals surface area contributed by atoms with Crippen LogP contribution in [0.25, 0.3) is 10.4 Å². The molecule has 0 radical (unpaired) electrons. The van der Waals surface area contributed by atoms with Crippen molar-refractivity contribution < 1.29 is 18.7 Å². The standard InChI is InChI=1S/C20H24FN9O3/c1-13(31)23-10-17-12-29(20(32)33-17)16-2-3-19(18(21)8-16)28-6-4-15(5-7-28)30-11-14(25-27-30)9-24-26-22/h2-3,8,11,15,17H,4-7,9-10,12H2,1H3,(H,23,31). The van der Waals surface area contributed by atoms with Crippen LogP contribution in [0.15, 0.2) is 29.5 Å². The summed E-state index contributed by atoms with van der Waals surface area (Å²) in [4.78, 5) is 29.3. The lowest BCUT2D eigenvalue weighted by atomic mass is 10.0. The van der Waals surface area contributed by atoms with Crippen LogP contribution in [-0.2, 0) is 16.1 Å². The molecule has 0 bridgehead atoms. The quantitative estimate of drug-likeness (QED) is 0.385. The number of carbonyl (C=O) groups is 2. The molecule has 33 heavy (non-hydrogen) atoms. The summed E-state index contributed by atoms with van der Waals surface area (Å²) in [6.45, 7) is 3.27. The van der Waals surface area contributed by atoms with E-state index in [-0.39, 0.29) is 31.6 Å². The summed E-state index contributed by atoms with van der Waals surface area (Å²) in [6, 6.07) is 4.85. The average molecular weight is 457 g/mol. The lowest BCUT2D eigenvalue weighted by molar-refractivity contribution is -0.119. The summed E-state index contributed by atoms with van der Waals surface area (Å²) < 4.78 is 22.0. The molecule has 1 aromatic carbocycles. The number of rotatable bonds is 7. The zero-order chi connectivity index (χ0) is 23.4. The van der Waals surface area contributed by atoms with Crippen molar-refractivity contribution in [2.75, 3.05) is 36.0 Å². The van der Waals surface area contributed by atoms with E-state index in [4.69, 9.17) is 10.3 Å². The van der Waals surface area contributed by atoms with Crippen molar-refractivity contribution in [1.29, 1.82) is 0 Å². The second kappa shape index (κ2) is 9.74. The van der Waals surface area contributed by atoms with Gasteiger partial charge in [-0.1, -0.05) is 10.3 Å². The van der Waals surface area contributed by atoms with Crippen molar-refractivity contribution in [1.82, 2.24) is 20.3 Å². The third kappa shape index (κ3) is 5.14. The number of azide groups is 1. The van der Waals surface area contributed by atoms with E-state index in [2.05, 4.69) is 25.7 Å². The Balaban J connectivity index is 1.36. The average Bonchev–Trinajstić information content (AvgIpc) is 3.43. The van der Waals surface area contributed by atoms with Gasteiger partial charge in [-0.2, -0.15) is 0 Å². The Kier molecular flexibility index (Phi) is 6.59. The van der Waals surface area contributed by atoms with Crippen molar-refractivity contribution in [3.63, 3.8) is 0 Å². The van der Waals surface area contributed by atoms with Crippen LogP contribution in [0.2, 0.25) is 0 Å². The van der Waals surface area contributed by atoms with Crippen LogP contribution in [0.4, 0.5) is 20.6 Å². The normalized spacial score (nSPS) is 18.7. The van der Waals surface area contributed by atoms with E-state index in [0.29, 0.717) is 30.2 Å². The van der Waals surface area contributed by atoms with Gasteiger partial charge in [0.25, 0.3) is 0 Å². The first kappa shape index (κ1) is 22.3. The van der Waals surface area contributed by atoms with Crippen molar-refractivity contribution in [2.24, 2.45) is 5.11 Å². The van der Waals surface area contributed by atoms with Gasteiger partial charge in [0.15, 0.2) is 0 Å². The van der Waals surface area contributed by atoms with Crippen LogP contribution in [0, 0.1) is 5.82 Å². The number of benzene rings is 1. The lowest BCUT2D eigenvalue weighted by Crippen LogP contribution is -2.35. The molecule has 2 aliphatic rings. The van der Waals surface area contributed by atoms with Gasteiger partial charge in [-0.05, 0) is 36.6 Å². The SMILES string of the molecule is CC(=O)NCC1CN(c2ccc(N3CCC(n4cc(CN=[N+]=[N-])nn4)CC3)c(F)c2)C(=O)O1. The van der Waals surface area contributed by atoms with Gasteiger partial charge in [0.2, 0.25) is 5.91 Å². The van der Waals surface area contributed by atoms with Crippen molar-refractivity contribution >= 4 is 23.4 Å². The molecular formula is C20H24FN9O3. The van der Waals surface area contributed by atoms with E-state index in [9.17, 15) is 14.0 Å². The Morgan fingerprint density at radius 2 is 2.18 bits per heavy atom. The molecule has 4 rings (SSSR count). The Labute approximate surface area is 188 Å². The molecule has 12 nitrogen and oxygen atoms in total. The predicted octanol–water partition coefficient (Wildman–Crippen LogP) is 2.53. The van der Waals surface area contributed by atoms with Gasteiger partial charge >= 0.3 is 6.09 Å². The number of cyclic esters (lactones) is 1. The fourth-order valence-corrected chi connectivity index (χ4v) is 4.06. The number of halogens is 1. The molecule has 2 aliphatic heterocycles. The molecule has 0 spiro atoms. The first-order valence-electron chi connectivity index (χ1n) is 10.6. The minimum Gasteiger partial charge on any atom is -0.442 e. The van der Waals surface area contributed by atoms with E-state index in [1.165, 1.54) is 17.9 Å². The second-order valence-corrected chi connectivity index (χ2v) is 7.99. The molecule has 1 atom stereocenters. The highest BCUT2D eigenvalue weighted by Crippen LogP contribution is 2.31. The molecule has 13 heteroatoms. The Hall–Kier alpha value is -3.86. The zero-order valence-corrected chi connectivity index (χ0v) is 18.1. The Bertz CT molecular complexity index is 1080. The number of hydrogen-bond donors (Lipinski definition) is 1. The molecule has 2 saturated heterocycles. The van der Waals surface area contributed by atoms with E-state index in [1.54, 1.807) is 23.0 Å². The fourth-order valence-electron chi connectivity index (χ4n) is 4.06. The topological polar surface area (TPSA) is 141 Å². The molecule has 3 heterocycles. The summed E-state index contributed by atoms with van der Waals surface area (Å²) >= 11 is 0. The van der Waals surface area contributed by atoms with Gasteiger partial charge in [-0.3, -0.25) is 9.69 Å². The monoisotopic (exact) mass is 457 g/mol. The summed E-state index contributed by atoms with van der Waals surface area (Å²) in [7, 11) is 0. The maximum atomic E-state index is 15.0. The summed E-state index contributed by atoms with van der Waals surface area (Å²) in [6.07, 6.45) is 2.25. The number of nitrogens with zero attached hydrogens (tertiary/aromatic N) is 8. The molecule has 2 aromatic rings. The van der Waals surface area contributed by atoms with Gasteiger partial charge in [0.05, 0.1) is 42.7 Å². The Morgan fingerprint density at radius 1 is 1.39 bits per heavy atom. The van der Waals surface area contributed by atoms with Gasteiger partial charge in [-0.25, -0.2) is 13.9 Å². The number of nitrogens with one attached hydrogen (secondary N) is 1. The van der Waals surface area contributed by atoms with E-state index in [1.807, 2.05) is 4.90 Å². The van der Waals surface area contributed by atoms with E-state index < -0.39 is 18.0 Å². The van der Waals surface area contributed by atoms with Crippen molar-refractivity contribution in [2.45, 2.75) is 38.5 Å². The molecule has 0 aliphatic carbocycles. The number of amides is 2. The van der Waals surface area contributed by atoms with Crippen LogP contribution < -0.4 is 15.1 Å². The number of ether oxygens (including phenoxy) is 1. The Morgan fingerprint density at radius 3 is 2.88 bits per heavy atom. The number of piperidine rings is 1. The maximum Gasteiger partial charge on any atom is 0.414 e. The van der Waals surface area contributed by atoms with Gasteiger partial charge < -0.3 is 15.0 Å². The fraction of sp³-hybridized carbons (Fsp3) is 0.500. The molecule has 1 aromatic heterocycles. The number of carbonyl (C=O) groups excluding carboxylic acids is 2. The predicted molar refractivity (Wildman–Crippen MR) is 116 cm³/mol. The van der Waals surface area contributed by atoms with Crippen LogP contribution >= 0.6 is 0 Å². The van der Waals surface area contributed by atoms with E-state index >= 15 is 0 Å². The largest absolute Gasteiger partial charge is 0.442 e. The van der Waals surface area contributed by atoms with Gasteiger partial charge in [-0.15, -0.1) is 5.10 Å². The molecule has 1 N–H and O–H groups in total. The molecule has 2 amide bonds. The van der Waals surface area contributed by atoms with Gasteiger partial charge in [0, 0.05) is 31.1 Å². The third-order valence-corrected chi connectivity index (χ3v) is 5.73. The highest BCUT2D eigenvalue weighted by Gasteiger charge is 2.33. The number of aromatic nitrogens is 3. The second-order valence-electron chi connectivity index (χ2n) is 7.99. The maximum absolute atomic E-state index is 15.0. The highest BCUT2D eigenvalue weighted by molar-refractivity contribution is 5.90. The number of hydrogen-bond acceptors (Lipinski definition) is 7. The third-order valence-electron chi connectivity index (χ3n) is 5.73. The summed E-state index contributed by atoms with van der Waals surface area (Å²) in [5, 5.41) is 14.2. The first-order chi connectivity index (χ1) is 15.9. The van der Waals surface area contributed by atoms with Gasteiger partial charge in [0.1, 0.15) is 11.9 Å². The lowest BCUT2D eigenvalue weighted by Gasteiger charge is -2.33. The van der Waals surface area contributed by atoms with Crippen LogP contribution in [0.5, 0.6) is 0 Å². The van der Waals surface area contributed by atoms with Crippen LogP contribution in [0.1, 0.15) is 31.5 Å². The van der Waals surface area contributed by atoms with Crippen LogP contribution in [-0.4, -0.2) is 59.3 Å². The van der Waals surface area contributed by atoms with Crippen molar-refractivity contribution in [3.05, 3.63) is 46.3 Å². The molecular weight excluding hydrogens is 433 g/mol. The number of anilines is 2. The van der Waals surface area contributed by atoms with E-state index in [0.717, 1.165) is 12.8 Å². The highest BCUT2D eigenvalue weighted by atomic mass is 19.1. The van der Waals surface area contributed by atoms with Crippen molar-refractivity contribution in [3.8, 4) is 0 Å². The zero-order valence-electron chi connectivity index (χ0n) is 18.1. The molecule has 174 valence electrons. The minimum absolute atomic E-state index is 0.135. The first-order valence-corrected chi connectivity index (χ1v) is 10.6. The molecule has 1 unspecified atom stereocenters. The summed E-state index contributed by atoms with van der Waals surface area (Å²) in [5.41, 5.74) is 9.91. The summed E-state index contributed by atoms with van der Waals surface area (Å²) in [5.74, 6) is -0.623. The van der Waals surface area contributed by atoms with Crippen LogP contribution in [0.3, 0.4) is 0 Å². The minimum atomic E-state index is -0.564. The smallest absolute Gasteiger partial charge is 0.414 e.